The van der Waals surface area contributed by atoms with Gasteiger partial charge in [0.15, 0.2) is 0 Å². The number of aliphatic hydroxyl groups is 1. The highest BCUT2D eigenvalue weighted by Crippen LogP contribution is 2.39. The maximum atomic E-state index is 13.0. The minimum Gasteiger partial charge on any atom is -0.507 e. The molecule has 1 atom stereocenters. The lowest BCUT2D eigenvalue weighted by Crippen LogP contribution is -2.35. The molecule has 1 saturated heterocycles. The number of benzene rings is 1. The second-order valence-corrected chi connectivity index (χ2v) is 8.76. The van der Waals surface area contributed by atoms with Crippen molar-refractivity contribution in [3.8, 4) is 5.75 Å². The van der Waals surface area contributed by atoms with Gasteiger partial charge in [0, 0.05) is 31.0 Å². The standard InChI is InChI=1S/C25H31N3O4/c1-16(2)15-32-19-8-9-20(17(3)13-19)23(29)21-22(18-7-6-10-26-14-18)28(12-11-27(4)5)25(31)24(21)30/h6-10,13-14,16,22,29H,11-12,15H2,1-5H3/b23-21-. The normalized spacial score (nSPS) is 18.1. The summed E-state index contributed by atoms with van der Waals surface area (Å²) in [6, 6.07) is 8.21. The van der Waals surface area contributed by atoms with E-state index in [2.05, 4.69) is 18.8 Å². The van der Waals surface area contributed by atoms with Crippen molar-refractivity contribution in [2.24, 2.45) is 5.92 Å². The van der Waals surface area contributed by atoms with Gasteiger partial charge >= 0.3 is 0 Å². The van der Waals surface area contributed by atoms with Gasteiger partial charge in [-0.05, 0) is 62.3 Å². The zero-order valence-electron chi connectivity index (χ0n) is 19.3. The molecule has 3 rings (SSSR count). The van der Waals surface area contributed by atoms with Gasteiger partial charge in [-0.25, -0.2) is 0 Å². The van der Waals surface area contributed by atoms with Crippen molar-refractivity contribution in [1.29, 1.82) is 0 Å². The molecule has 1 fully saturated rings. The minimum atomic E-state index is -0.695. The number of aryl methyl sites for hydroxylation is 1. The number of amides is 1. The van der Waals surface area contributed by atoms with E-state index in [1.54, 1.807) is 30.6 Å². The molecule has 1 unspecified atom stereocenters. The maximum Gasteiger partial charge on any atom is 0.295 e. The molecule has 7 heteroatoms. The number of rotatable bonds is 8. The molecule has 7 nitrogen and oxygen atoms in total. The Balaban J connectivity index is 2.06. The zero-order chi connectivity index (χ0) is 23.4. The van der Waals surface area contributed by atoms with Gasteiger partial charge < -0.3 is 19.6 Å². The molecule has 170 valence electrons. The number of hydrogen-bond donors (Lipinski definition) is 1. The van der Waals surface area contributed by atoms with Crippen LogP contribution in [0.5, 0.6) is 5.75 Å². The number of carbonyl (C=O) groups excluding carboxylic acids is 2. The summed E-state index contributed by atoms with van der Waals surface area (Å²) >= 11 is 0. The van der Waals surface area contributed by atoms with E-state index in [4.69, 9.17) is 4.74 Å². The van der Waals surface area contributed by atoms with Crippen LogP contribution in [0.3, 0.4) is 0 Å². The van der Waals surface area contributed by atoms with Crippen molar-refractivity contribution in [3.05, 3.63) is 65.0 Å². The molecule has 2 heterocycles. The molecular formula is C25H31N3O4. The Hall–Kier alpha value is -3.19. The highest BCUT2D eigenvalue weighted by Gasteiger charge is 2.46. The summed E-state index contributed by atoms with van der Waals surface area (Å²) in [5.74, 6) is -0.395. The van der Waals surface area contributed by atoms with Crippen molar-refractivity contribution in [3.63, 3.8) is 0 Å². The summed E-state index contributed by atoms with van der Waals surface area (Å²) in [7, 11) is 3.81. The van der Waals surface area contributed by atoms with E-state index in [1.807, 2.05) is 38.1 Å². The molecule has 1 aliphatic heterocycles. The van der Waals surface area contributed by atoms with Crippen LogP contribution < -0.4 is 4.74 Å². The molecule has 0 aliphatic carbocycles. The predicted molar refractivity (Wildman–Crippen MR) is 123 cm³/mol. The van der Waals surface area contributed by atoms with Gasteiger partial charge in [0.25, 0.3) is 11.7 Å². The third-order valence-electron chi connectivity index (χ3n) is 5.36. The molecule has 0 spiro atoms. The third-order valence-corrected chi connectivity index (χ3v) is 5.36. The Labute approximate surface area is 189 Å². The molecule has 1 amide bonds. The van der Waals surface area contributed by atoms with E-state index in [-0.39, 0.29) is 11.3 Å². The first-order valence-electron chi connectivity index (χ1n) is 10.8. The summed E-state index contributed by atoms with van der Waals surface area (Å²) in [5, 5.41) is 11.2. The average molecular weight is 438 g/mol. The Morgan fingerprint density at radius 3 is 2.59 bits per heavy atom. The summed E-state index contributed by atoms with van der Waals surface area (Å²) < 4.78 is 5.77. The lowest BCUT2D eigenvalue weighted by atomic mass is 9.94. The maximum absolute atomic E-state index is 13.0. The van der Waals surface area contributed by atoms with Crippen molar-refractivity contribution in [2.45, 2.75) is 26.8 Å². The van der Waals surface area contributed by atoms with E-state index in [9.17, 15) is 14.7 Å². The fourth-order valence-electron chi connectivity index (χ4n) is 3.70. The Kier molecular flexibility index (Phi) is 7.30. The second-order valence-electron chi connectivity index (χ2n) is 8.76. The largest absolute Gasteiger partial charge is 0.507 e. The van der Waals surface area contributed by atoms with E-state index in [0.717, 1.165) is 5.56 Å². The van der Waals surface area contributed by atoms with E-state index in [0.29, 0.717) is 42.5 Å². The number of likely N-dealkylation sites (N-methyl/N-ethyl adjacent to an activating group) is 1. The van der Waals surface area contributed by atoms with E-state index in [1.165, 1.54) is 4.90 Å². The number of Topliss-reactive ketones (excluding diaryl/α,β-unsaturated/α-hetero) is 1. The van der Waals surface area contributed by atoms with Crippen molar-refractivity contribution in [1.82, 2.24) is 14.8 Å². The summed E-state index contributed by atoms with van der Waals surface area (Å²) in [6.07, 6.45) is 3.26. The van der Waals surface area contributed by atoms with Crippen LogP contribution in [0, 0.1) is 12.8 Å². The monoisotopic (exact) mass is 437 g/mol. The van der Waals surface area contributed by atoms with Crippen molar-refractivity contribution < 1.29 is 19.4 Å². The molecule has 0 radical (unpaired) electrons. The molecule has 1 N–H and O–H groups in total. The Morgan fingerprint density at radius 2 is 2.00 bits per heavy atom. The van der Waals surface area contributed by atoms with Gasteiger partial charge in [-0.3, -0.25) is 14.6 Å². The van der Waals surface area contributed by atoms with Crippen molar-refractivity contribution >= 4 is 17.4 Å². The van der Waals surface area contributed by atoms with Gasteiger partial charge in [0.05, 0.1) is 18.2 Å². The van der Waals surface area contributed by atoms with E-state index < -0.39 is 17.7 Å². The number of carbonyl (C=O) groups is 2. The molecule has 0 bridgehead atoms. The van der Waals surface area contributed by atoms with Crippen LogP contribution in [0.15, 0.2) is 48.3 Å². The first kappa shape index (κ1) is 23.5. The quantitative estimate of drug-likeness (QED) is 0.387. The number of aliphatic hydroxyl groups excluding tert-OH is 1. The number of nitrogens with zero attached hydrogens (tertiary/aromatic N) is 3. The van der Waals surface area contributed by atoms with Gasteiger partial charge in [0.2, 0.25) is 0 Å². The molecule has 1 aliphatic rings. The van der Waals surface area contributed by atoms with Gasteiger partial charge in [-0.15, -0.1) is 0 Å². The highest BCUT2D eigenvalue weighted by atomic mass is 16.5. The fourth-order valence-corrected chi connectivity index (χ4v) is 3.70. The zero-order valence-corrected chi connectivity index (χ0v) is 19.3. The van der Waals surface area contributed by atoms with E-state index >= 15 is 0 Å². The van der Waals surface area contributed by atoms with Gasteiger partial charge in [0.1, 0.15) is 11.5 Å². The van der Waals surface area contributed by atoms with Crippen LogP contribution >= 0.6 is 0 Å². The predicted octanol–water partition coefficient (Wildman–Crippen LogP) is 3.41. The average Bonchev–Trinajstić information content (AvgIpc) is 3.01. The fraction of sp³-hybridized carbons (Fsp3) is 0.400. The molecule has 2 aromatic rings. The first-order valence-corrected chi connectivity index (χ1v) is 10.8. The molecule has 1 aromatic heterocycles. The van der Waals surface area contributed by atoms with Crippen LogP contribution in [0.25, 0.3) is 5.76 Å². The topological polar surface area (TPSA) is 83.0 Å². The molecule has 1 aromatic carbocycles. The molecule has 0 saturated carbocycles. The first-order chi connectivity index (χ1) is 15.2. The number of pyridine rings is 1. The van der Waals surface area contributed by atoms with Crippen LogP contribution in [0.4, 0.5) is 0 Å². The number of hydrogen-bond acceptors (Lipinski definition) is 6. The van der Waals surface area contributed by atoms with Crippen LogP contribution in [0.1, 0.15) is 36.6 Å². The van der Waals surface area contributed by atoms with Crippen LogP contribution in [0.2, 0.25) is 0 Å². The van der Waals surface area contributed by atoms with Crippen molar-refractivity contribution in [2.75, 3.05) is 33.8 Å². The minimum absolute atomic E-state index is 0.0840. The second kappa shape index (κ2) is 9.96. The Morgan fingerprint density at radius 1 is 1.25 bits per heavy atom. The molecular weight excluding hydrogens is 406 g/mol. The number of ketones is 1. The van der Waals surface area contributed by atoms with Gasteiger partial charge in [-0.1, -0.05) is 19.9 Å². The van der Waals surface area contributed by atoms with Gasteiger partial charge in [-0.2, -0.15) is 0 Å². The molecule has 32 heavy (non-hydrogen) atoms. The lowest BCUT2D eigenvalue weighted by molar-refractivity contribution is -0.140. The highest BCUT2D eigenvalue weighted by molar-refractivity contribution is 6.46. The Bertz CT molecular complexity index is 1020. The third kappa shape index (κ3) is 4.99. The summed E-state index contributed by atoms with van der Waals surface area (Å²) in [6.45, 7) is 7.52. The summed E-state index contributed by atoms with van der Waals surface area (Å²) in [4.78, 5) is 33.6. The SMILES string of the molecule is Cc1cc(OCC(C)C)ccc1/C(O)=C1/C(=O)C(=O)N(CCN(C)C)C1c1cccnc1. The summed E-state index contributed by atoms with van der Waals surface area (Å²) in [5.41, 5.74) is 2.02. The number of ether oxygens (including phenoxy) is 1. The smallest absolute Gasteiger partial charge is 0.295 e. The van der Waals surface area contributed by atoms with Crippen LogP contribution in [-0.2, 0) is 9.59 Å². The number of likely N-dealkylation sites (tertiary alicyclic amines) is 1. The lowest BCUT2D eigenvalue weighted by Gasteiger charge is -2.26. The number of aromatic nitrogens is 1. The van der Waals surface area contributed by atoms with Crippen LogP contribution in [-0.4, -0.2) is 65.4 Å².